The van der Waals surface area contributed by atoms with Crippen LogP contribution in [-0.4, -0.2) is 37.0 Å². The molecule has 2 N–H and O–H groups in total. The zero-order valence-electron chi connectivity index (χ0n) is 8.11. The molecule has 0 saturated carbocycles. The summed E-state index contributed by atoms with van der Waals surface area (Å²) in [6.45, 7) is 3.30. The SMILES string of the molecule is CC1(C)OCC(C=O)(OC(N)=O)CO1. The third kappa shape index (κ3) is 2.43. The maximum absolute atomic E-state index is 10.7. The van der Waals surface area contributed by atoms with Crippen molar-refractivity contribution in [3.63, 3.8) is 0 Å². The van der Waals surface area contributed by atoms with Gasteiger partial charge in [-0.1, -0.05) is 0 Å². The lowest BCUT2D eigenvalue weighted by atomic mass is 10.1. The lowest BCUT2D eigenvalue weighted by Gasteiger charge is -2.39. The number of aldehydes is 1. The molecule has 0 atom stereocenters. The molecule has 1 aliphatic rings. The predicted octanol–water partition coefficient (Wildman–Crippen LogP) is -0.198. The van der Waals surface area contributed by atoms with Gasteiger partial charge in [-0.25, -0.2) is 4.79 Å². The van der Waals surface area contributed by atoms with Gasteiger partial charge in [-0.3, -0.25) is 4.79 Å². The Labute approximate surface area is 81.3 Å². The highest BCUT2D eigenvalue weighted by Gasteiger charge is 2.43. The van der Waals surface area contributed by atoms with Crippen LogP contribution in [0.25, 0.3) is 0 Å². The smallest absolute Gasteiger partial charge is 0.405 e. The minimum absolute atomic E-state index is 0.0492. The largest absolute Gasteiger partial charge is 0.430 e. The highest BCUT2D eigenvalue weighted by Crippen LogP contribution is 2.24. The Morgan fingerprint density at radius 2 is 1.93 bits per heavy atom. The summed E-state index contributed by atoms with van der Waals surface area (Å²) in [5.41, 5.74) is 3.42. The molecule has 1 saturated heterocycles. The molecule has 0 aromatic heterocycles. The van der Waals surface area contributed by atoms with Crippen LogP contribution in [-0.2, 0) is 19.0 Å². The van der Waals surface area contributed by atoms with Crippen LogP contribution in [0.3, 0.4) is 0 Å². The molecule has 1 aliphatic heterocycles. The second-order valence-electron chi connectivity index (χ2n) is 3.58. The molecule has 1 rings (SSSR count). The van der Waals surface area contributed by atoms with E-state index in [1.165, 1.54) is 0 Å². The second-order valence-corrected chi connectivity index (χ2v) is 3.58. The summed E-state index contributed by atoms with van der Waals surface area (Å²) in [5, 5.41) is 0. The standard InChI is InChI=1S/C8H13NO5/c1-7(2)12-4-8(3-10,5-13-7)14-6(9)11/h3H,4-5H2,1-2H3,(H2,9,11). The summed E-state index contributed by atoms with van der Waals surface area (Å²) in [6, 6.07) is 0. The number of carbonyl (C=O) groups is 2. The molecule has 0 unspecified atom stereocenters. The number of nitrogens with two attached hydrogens (primary N) is 1. The molecule has 1 amide bonds. The van der Waals surface area contributed by atoms with Crippen LogP contribution < -0.4 is 5.73 Å². The van der Waals surface area contributed by atoms with Gasteiger partial charge in [0, 0.05) is 0 Å². The molecule has 6 nitrogen and oxygen atoms in total. The summed E-state index contributed by atoms with van der Waals surface area (Å²) < 4.78 is 15.0. The molecule has 0 bridgehead atoms. The highest BCUT2D eigenvalue weighted by molar-refractivity contribution is 5.72. The molecule has 1 fully saturated rings. The fourth-order valence-corrected chi connectivity index (χ4v) is 1.03. The van der Waals surface area contributed by atoms with E-state index in [9.17, 15) is 9.59 Å². The number of hydrogen-bond acceptors (Lipinski definition) is 5. The van der Waals surface area contributed by atoms with Gasteiger partial charge in [0.05, 0.1) is 13.2 Å². The van der Waals surface area contributed by atoms with Crippen molar-refractivity contribution in [1.82, 2.24) is 0 Å². The third-order valence-electron chi connectivity index (χ3n) is 1.85. The number of amides is 1. The normalized spacial score (nSPS) is 23.9. The van der Waals surface area contributed by atoms with Gasteiger partial charge >= 0.3 is 6.09 Å². The highest BCUT2D eigenvalue weighted by atomic mass is 16.7. The van der Waals surface area contributed by atoms with Crippen molar-refractivity contribution in [3.8, 4) is 0 Å². The zero-order chi connectivity index (χ0) is 10.8. The Kier molecular flexibility index (Phi) is 2.77. The monoisotopic (exact) mass is 203 g/mol. The minimum atomic E-state index is -1.40. The van der Waals surface area contributed by atoms with Gasteiger partial charge in [0.2, 0.25) is 5.60 Å². The first-order valence-electron chi connectivity index (χ1n) is 4.12. The molecule has 0 aromatic carbocycles. The van der Waals surface area contributed by atoms with Crippen LogP contribution in [0.2, 0.25) is 0 Å². The van der Waals surface area contributed by atoms with Crippen LogP contribution in [0.4, 0.5) is 4.79 Å². The average molecular weight is 203 g/mol. The predicted molar refractivity (Wildman–Crippen MR) is 45.4 cm³/mol. The first kappa shape index (κ1) is 10.9. The fourth-order valence-electron chi connectivity index (χ4n) is 1.03. The number of primary amides is 1. The van der Waals surface area contributed by atoms with Crippen LogP contribution in [0, 0.1) is 0 Å². The lowest BCUT2D eigenvalue weighted by molar-refractivity contribution is -0.289. The van der Waals surface area contributed by atoms with Crippen LogP contribution in [0.1, 0.15) is 13.8 Å². The topological polar surface area (TPSA) is 87.9 Å². The van der Waals surface area contributed by atoms with Gasteiger partial charge < -0.3 is 19.9 Å². The number of carbonyl (C=O) groups excluding carboxylic acids is 2. The molecule has 0 aliphatic carbocycles. The van der Waals surface area contributed by atoms with Crippen LogP contribution in [0.15, 0.2) is 0 Å². The van der Waals surface area contributed by atoms with E-state index in [0.29, 0.717) is 6.29 Å². The Hall–Kier alpha value is -1.14. The molecular formula is C8H13NO5. The minimum Gasteiger partial charge on any atom is -0.430 e. The summed E-state index contributed by atoms with van der Waals surface area (Å²) in [6.07, 6.45) is -0.559. The molecule has 80 valence electrons. The van der Waals surface area contributed by atoms with Gasteiger partial charge in [-0.05, 0) is 13.8 Å². The molecular weight excluding hydrogens is 190 g/mol. The van der Waals surface area contributed by atoms with Gasteiger partial charge in [-0.2, -0.15) is 0 Å². The third-order valence-corrected chi connectivity index (χ3v) is 1.85. The molecule has 0 radical (unpaired) electrons. The van der Waals surface area contributed by atoms with Crippen LogP contribution >= 0.6 is 0 Å². The van der Waals surface area contributed by atoms with E-state index in [0.717, 1.165) is 0 Å². The summed E-state index contributed by atoms with van der Waals surface area (Å²) in [5.74, 6) is -0.770. The summed E-state index contributed by atoms with van der Waals surface area (Å²) in [4.78, 5) is 21.3. The maximum Gasteiger partial charge on any atom is 0.405 e. The van der Waals surface area contributed by atoms with Crippen molar-refractivity contribution in [1.29, 1.82) is 0 Å². The van der Waals surface area contributed by atoms with E-state index in [4.69, 9.17) is 15.2 Å². The Morgan fingerprint density at radius 3 is 2.29 bits per heavy atom. The van der Waals surface area contributed by atoms with Crippen molar-refractivity contribution in [2.24, 2.45) is 5.73 Å². The second kappa shape index (κ2) is 3.55. The molecule has 1 heterocycles. The fraction of sp³-hybridized carbons (Fsp3) is 0.750. The summed E-state index contributed by atoms with van der Waals surface area (Å²) in [7, 11) is 0. The van der Waals surface area contributed by atoms with Crippen molar-refractivity contribution in [3.05, 3.63) is 0 Å². The molecule has 0 aromatic rings. The lowest BCUT2D eigenvalue weighted by Crippen LogP contribution is -2.55. The van der Waals surface area contributed by atoms with Gasteiger partial charge in [0.25, 0.3) is 0 Å². The molecule has 6 heteroatoms. The Morgan fingerprint density at radius 1 is 1.43 bits per heavy atom. The summed E-state index contributed by atoms with van der Waals surface area (Å²) >= 11 is 0. The molecule has 14 heavy (non-hydrogen) atoms. The van der Waals surface area contributed by atoms with E-state index < -0.39 is 17.5 Å². The van der Waals surface area contributed by atoms with Crippen molar-refractivity contribution in [2.45, 2.75) is 25.2 Å². The van der Waals surface area contributed by atoms with E-state index in [2.05, 4.69) is 4.74 Å². The van der Waals surface area contributed by atoms with Crippen molar-refractivity contribution >= 4 is 12.4 Å². The zero-order valence-corrected chi connectivity index (χ0v) is 8.11. The van der Waals surface area contributed by atoms with E-state index in [1.807, 2.05) is 0 Å². The van der Waals surface area contributed by atoms with Crippen molar-refractivity contribution < 1.29 is 23.8 Å². The number of ether oxygens (including phenoxy) is 3. The van der Waals surface area contributed by atoms with E-state index in [1.54, 1.807) is 13.8 Å². The first-order valence-corrected chi connectivity index (χ1v) is 4.12. The Balaban J connectivity index is 2.66. The molecule has 0 spiro atoms. The Bertz CT molecular complexity index is 240. The number of rotatable bonds is 2. The van der Waals surface area contributed by atoms with Crippen molar-refractivity contribution in [2.75, 3.05) is 13.2 Å². The van der Waals surface area contributed by atoms with Gasteiger partial charge in [0.1, 0.15) is 0 Å². The maximum atomic E-state index is 10.7. The van der Waals surface area contributed by atoms with E-state index >= 15 is 0 Å². The van der Waals surface area contributed by atoms with Crippen LogP contribution in [0.5, 0.6) is 0 Å². The van der Waals surface area contributed by atoms with Gasteiger partial charge in [-0.15, -0.1) is 0 Å². The quantitative estimate of drug-likeness (QED) is 0.628. The van der Waals surface area contributed by atoms with Gasteiger partial charge in [0.15, 0.2) is 12.1 Å². The first-order chi connectivity index (χ1) is 6.39. The number of hydrogen-bond donors (Lipinski definition) is 1. The van der Waals surface area contributed by atoms with E-state index in [-0.39, 0.29) is 13.2 Å². The average Bonchev–Trinajstić information content (AvgIpc) is 2.09.